The number of nitrogens with zero attached hydrogens (tertiary/aromatic N) is 1. The molecule has 1 amide bonds. The van der Waals surface area contributed by atoms with E-state index in [2.05, 4.69) is 27.9 Å². The molecule has 23 heavy (non-hydrogen) atoms. The Morgan fingerprint density at radius 3 is 2.35 bits per heavy atom. The molecule has 0 aromatic heterocycles. The first kappa shape index (κ1) is 19.0. The van der Waals surface area contributed by atoms with Crippen LogP contribution in [0.1, 0.15) is 45.1 Å². The predicted molar refractivity (Wildman–Crippen MR) is 98.0 cm³/mol. The monoisotopic (exact) mass is 318 g/mol. The van der Waals surface area contributed by atoms with Gasteiger partial charge in [-0.1, -0.05) is 38.3 Å². The molecule has 0 spiro atoms. The van der Waals surface area contributed by atoms with Crippen molar-refractivity contribution < 1.29 is 4.79 Å². The first-order valence-electron chi connectivity index (χ1n) is 8.46. The minimum atomic E-state index is -0.0479. The van der Waals surface area contributed by atoms with Crippen LogP contribution < -0.4 is 16.0 Å². The second-order valence-electron chi connectivity index (χ2n) is 5.61. The van der Waals surface area contributed by atoms with Crippen LogP contribution >= 0.6 is 0 Å². The molecule has 0 fully saturated rings. The van der Waals surface area contributed by atoms with E-state index in [4.69, 9.17) is 0 Å². The summed E-state index contributed by atoms with van der Waals surface area (Å²) in [5, 5.41) is 9.43. The molecule has 0 atom stereocenters. The molecule has 0 radical (unpaired) electrons. The summed E-state index contributed by atoms with van der Waals surface area (Å²) in [5.41, 5.74) is 2.06. The van der Waals surface area contributed by atoms with Crippen LogP contribution in [0.15, 0.2) is 29.3 Å². The van der Waals surface area contributed by atoms with Crippen LogP contribution in [0.4, 0.5) is 5.69 Å². The van der Waals surface area contributed by atoms with Gasteiger partial charge in [0.05, 0.1) is 0 Å². The Morgan fingerprint density at radius 2 is 1.74 bits per heavy atom. The van der Waals surface area contributed by atoms with Crippen molar-refractivity contribution in [3.8, 4) is 0 Å². The van der Waals surface area contributed by atoms with Crippen molar-refractivity contribution in [2.45, 2.75) is 46.0 Å². The van der Waals surface area contributed by atoms with E-state index in [-0.39, 0.29) is 5.91 Å². The normalized spacial score (nSPS) is 11.2. The Hall–Kier alpha value is -2.04. The highest BCUT2D eigenvalue weighted by atomic mass is 16.1. The highest BCUT2D eigenvalue weighted by Gasteiger charge is 1.99. The van der Waals surface area contributed by atoms with Crippen LogP contribution in [0, 0.1) is 0 Å². The van der Waals surface area contributed by atoms with E-state index in [1.807, 2.05) is 24.3 Å². The molecule has 0 aliphatic carbocycles. The Morgan fingerprint density at radius 1 is 1.04 bits per heavy atom. The Labute approximate surface area is 140 Å². The number of amides is 1. The summed E-state index contributed by atoms with van der Waals surface area (Å²) in [6, 6.07) is 7.93. The summed E-state index contributed by atoms with van der Waals surface area (Å²) in [6.45, 7) is 5.52. The van der Waals surface area contributed by atoms with Crippen LogP contribution in [0.3, 0.4) is 0 Å². The second kappa shape index (κ2) is 11.5. The van der Waals surface area contributed by atoms with Gasteiger partial charge in [0.1, 0.15) is 0 Å². The third kappa shape index (κ3) is 8.86. The lowest BCUT2D eigenvalue weighted by atomic mass is 10.1. The maximum Gasteiger partial charge on any atom is 0.221 e. The second-order valence-corrected chi connectivity index (χ2v) is 5.61. The number of carbonyl (C=O) groups excluding carboxylic acids is 1. The molecule has 0 unspecified atom stereocenters. The van der Waals surface area contributed by atoms with E-state index >= 15 is 0 Å². The largest absolute Gasteiger partial charge is 0.356 e. The first-order chi connectivity index (χ1) is 11.2. The van der Waals surface area contributed by atoms with Gasteiger partial charge in [0.2, 0.25) is 5.91 Å². The third-order valence-electron chi connectivity index (χ3n) is 3.53. The van der Waals surface area contributed by atoms with Gasteiger partial charge < -0.3 is 16.0 Å². The van der Waals surface area contributed by atoms with Gasteiger partial charge in [-0.2, -0.15) is 0 Å². The van der Waals surface area contributed by atoms with E-state index in [0.717, 1.165) is 31.2 Å². The molecule has 0 saturated heterocycles. The molecule has 0 heterocycles. The van der Waals surface area contributed by atoms with E-state index in [0.29, 0.717) is 0 Å². The van der Waals surface area contributed by atoms with Crippen molar-refractivity contribution in [3.05, 3.63) is 29.8 Å². The number of benzene rings is 1. The zero-order valence-electron chi connectivity index (χ0n) is 14.6. The molecule has 0 bridgehead atoms. The summed E-state index contributed by atoms with van der Waals surface area (Å²) >= 11 is 0. The maximum atomic E-state index is 11.0. The van der Waals surface area contributed by atoms with Crippen LogP contribution in [0.5, 0.6) is 0 Å². The van der Waals surface area contributed by atoms with Crippen LogP contribution in [0.2, 0.25) is 0 Å². The summed E-state index contributed by atoms with van der Waals surface area (Å²) in [5.74, 6) is 0.810. The molecule has 1 aromatic carbocycles. The molecule has 5 heteroatoms. The molecule has 1 aromatic rings. The van der Waals surface area contributed by atoms with Gasteiger partial charge in [-0.05, 0) is 30.5 Å². The van der Waals surface area contributed by atoms with Crippen molar-refractivity contribution in [2.75, 3.05) is 25.5 Å². The Kier molecular flexibility index (Phi) is 9.52. The molecule has 0 saturated carbocycles. The molecule has 0 aliphatic rings. The Bertz CT molecular complexity index is 482. The van der Waals surface area contributed by atoms with Gasteiger partial charge in [0, 0.05) is 32.7 Å². The summed E-state index contributed by atoms with van der Waals surface area (Å²) in [4.78, 5) is 15.2. The van der Waals surface area contributed by atoms with Gasteiger partial charge in [0.15, 0.2) is 5.96 Å². The summed E-state index contributed by atoms with van der Waals surface area (Å²) in [6.07, 6.45) is 5.91. The number of hydrogen-bond acceptors (Lipinski definition) is 2. The van der Waals surface area contributed by atoms with Crippen LogP contribution in [-0.4, -0.2) is 32.0 Å². The number of unbranched alkanes of at least 4 members (excludes halogenated alkanes) is 3. The summed E-state index contributed by atoms with van der Waals surface area (Å²) in [7, 11) is 1.80. The third-order valence-corrected chi connectivity index (χ3v) is 3.53. The lowest BCUT2D eigenvalue weighted by molar-refractivity contribution is -0.114. The molecule has 5 nitrogen and oxygen atoms in total. The number of aliphatic imine (C=N–C) groups is 1. The highest BCUT2D eigenvalue weighted by Crippen LogP contribution is 2.09. The number of carbonyl (C=O) groups is 1. The predicted octanol–water partition coefficient (Wildman–Crippen LogP) is 2.93. The molecule has 1 rings (SSSR count). The van der Waals surface area contributed by atoms with E-state index in [1.54, 1.807) is 7.05 Å². The first-order valence-corrected chi connectivity index (χ1v) is 8.46. The number of guanidine groups is 1. The maximum absolute atomic E-state index is 11.0. The Balaban J connectivity index is 2.24. The number of nitrogens with one attached hydrogen (secondary N) is 3. The van der Waals surface area contributed by atoms with Gasteiger partial charge in [0.25, 0.3) is 0 Å². The highest BCUT2D eigenvalue weighted by molar-refractivity contribution is 5.88. The lowest BCUT2D eigenvalue weighted by Crippen LogP contribution is -2.38. The minimum absolute atomic E-state index is 0.0479. The minimum Gasteiger partial charge on any atom is -0.356 e. The molecular formula is C18H30N4O. The molecular weight excluding hydrogens is 288 g/mol. The molecule has 0 aliphatic heterocycles. The average molecular weight is 318 g/mol. The van der Waals surface area contributed by atoms with E-state index < -0.39 is 0 Å². The van der Waals surface area contributed by atoms with E-state index in [9.17, 15) is 4.79 Å². The van der Waals surface area contributed by atoms with Gasteiger partial charge >= 0.3 is 0 Å². The van der Waals surface area contributed by atoms with E-state index in [1.165, 1.54) is 38.2 Å². The van der Waals surface area contributed by atoms with Gasteiger partial charge in [-0.3, -0.25) is 9.79 Å². The topological polar surface area (TPSA) is 65.5 Å². The van der Waals surface area contributed by atoms with Crippen molar-refractivity contribution >= 4 is 17.6 Å². The van der Waals surface area contributed by atoms with Crippen molar-refractivity contribution in [1.29, 1.82) is 0 Å². The van der Waals surface area contributed by atoms with Gasteiger partial charge in [-0.15, -0.1) is 0 Å². The molecule has 3 N–H and O–H groups in total. The molecule has 128 valence electrons. The number of anilines is 1. The van der Waals surface area contributed by atoms with Gasteiger partial charge in [-0.25, -0.2) is 0 Å². The van der Waals surface area contributed by atoms with Crippen molar-refractivity contribution in [2.24, 2.45) is 4.99 Å². The standard InChI is InChI=1S/C18H30N4O/c1-4-5-6-7-13-20-18(19-3)21-14-12-16-8-10-17(11-9-16)22-15(2)23/h8-11H,4-7,12-14H2,1-3H3,(H,22,23)(H2,19,20,21). The lowest BCUT2D eigenvalue weighted by Gasteiger charge is -2.12. The van der Waals surface area contributed by atoms with Crippen LogP contribution in [0.25, 0.3) is 0 Å². The summed E-state index contributed by atoms with van der Waals surface area (Å²) < 4.78 is 0. The fourth-order valence-corrected chi connectivity index (χ4v) is 2.26. The fourth-order valence-electron chi connectivity index (χ4n) is 2.26. The smallest absolute Gasteiger partial charge is 0.221 e. The average Bonchev–Trinajstić information content (AvgIpc) is 2.54. The fraction of sp³-hybridized carbons (Fsp3) is 0.556. The number of hydrogen-bond donors (Lipinski definition) is 3. The zero-order chi connectivity index (χ0) is 16.9. The quantitative estimate of drug-likeness (QED) is 0.373. The van der Waals surface area contributed by atoms with Crippen molar-refractivity contribution in [1.82, 2.24) is 10.6 Å². The number of rotatable bonds is 9. The zero-order valence-corrected chi connectivity index (χ0v) is 14.6. The SMILES string of the molecule is CCCCCCNC(=NC)NCCc1ccc(NC(C)=O)cc1. The van der Waals surface area contributed by atoms with Crippen LogP contribution in [-0.2, 0) is 11.2 Å². The van der Waals surface area contributed by atoms with Crippen molar-refractivity contribution in [3.63, 3.8) is 0 Å².